The van der Waals surface area contributed by atoms with E-state index < -0.39 is 0 Å². The quantitative estimate of drug-likeness (QED) is 0.909. The summed E-state index contributed by atoms with van der Waals surface area (Å²) in [6.07, 6.45) is 0.866. The van der Waals surface area contributed by atoms with E-state index in [0.29, 0.717) is 11.6 Å². The lowest BCUT2D eigenvalue weighted by atomic mass is 10.0. The van der Waals surface area contributed by atoms with Crippen molar-refractivity contribution in [2.45, 2.75) is 32.8 Å². The van der Waals surface area contributed by atoms with Gasteiger partial charge in [-0.15, -0.1) is 0 Å². The van der Waals surface area contributed by atoms with Gasteiger partial charge < -0.3 is 15.2 Å². The van der Waals surface area contributed by atoms with Gasteiger partial charge in [-0.25, -0.2) is 4.98 Å². The van der Waals surface area contributed by atoms with Crippen LogP contribution in [0, 0.1) is 6.92 Å². The molecular formula is C15H17N3O2. The van der Waals surface area contributed by atoms with Crippen LogP contribution in [0.25, 0.3) is 0 Å². The number of nitrogens with zero attached hydrogens (tertiary/aromatic N) is 2. The smallest absolute Gasteiger partial charge is 0.224 e. The van der Waals surface area contributed by atoms with Crippen LogP contribution in [0.2, 0.25) is 0 Å². The fraction of sp³-hybridized carbons (Fsp3) is 0.333. The number of benzene rings is 1. The Morgan fingerprint density at radius 2 is 2.10 bits per heavy atom. The average molecular weight is 271 g/mol. The lowest BCUT2D eigenvalue weighted by Crippen LogP contribution is -2.24. The number of para-hydroxylation sites is 1. The van der Waals surface area contributed by atoms with Crippen molar-refractivity contribution in [3.8, 4) is 17.4 Å². The van der Waals surface area contributed by atoms with Crippen molar-refractivity contribution in [2.24, 2.45) is 0 Å². The van der Waals surface area contributed by atoms with Gasteiger partial charge in [0.15, 0.2) is 11.5 Å². The molecule has 0 spiro atoms. The summed E-state index contributed by atoms with van der Waals surface area (Å²) < 4.78 is 11.8. The zero-order chi connectivity index (χ0) is 14.3. The molecule has 1 aliphatic rings. The number of hydrogen-bond acceptors (Lipinski definition) is 5. The Balaban J connectivity index is 1.95. The standard InChI is InChI=1S/C15H17N3O2/c1-9-7-12(18-14(16)17-9)19-11-6-4-5-10-8-15(2,3)20-13(10)11/h4-7H,8H2,1-3H3,(H2,16,17,18). The summed E-state index contributed by atoms with van der Waals surface area (Å²) in [6, 6.07) is 7.62. The van der Waals surface area contributed by atoms with E-state index in [9.17, 15) is 0 Å². The van der Waals surface area contributed by atoms with Crippen molar-refractivity contribution >= 4 is 5.95 Å². The molecule has 2 N–H and O–H groups in total. The number of fused-ring (bicyclic) bond motifs is 1. The van der Waals surface area contributed by atoms with Gasteiger partial charge in [-0.2, -0.15) is 4.98 Å². The highest BCUT2D eigenvalue weighted by Gasteiger charge is 2.32. The van der Waals surface area contributed by atoms with E-state index in [0.717, 1.165) is 23.4 Å². The molecule has 0 amide bonds. The Morgan fingerprint density at radius 1 is 1.30 bits per heavy atom. The predicted octanol–water partition coefficient (Wildman–Crippen LogP) is 2.87. The van der Waals surface area contributed by atoms with Gasteiger partial charge in [0.1, 0.15) is 5.60 Å². The number of aromatic nitrogens is 2. The van der Waals surface area contributed by atoms with Crippen molar-refractivity contribution in [3.05, 3.63) is 35.5 Å². The molecule has 0 unspecified atom stereocenters. The third kappa shape index (κ3) is 2.39. The number of anilines is 1. The van der Waals surface area contributed by atoms with Gasteiger partial charge in [-0.3, -0.25) is 0 Å². The van der Waals surface area contributed by atoms with Crippen molar-refractivity contribution < 1.29 is 9.47 Å². The average Bonchev–Trinajstić information content (AvgIpc) is 2.63. The highest BCUT2D eigenvalue weighted by atomic mass is 16.5. The first kappa shape index (κ1) is 12.7. The SMILES string of the molecule is Cc1cc(Oc2cccc3c2OC(C)(C)C3)nc(N)n1. The fourth-order valence-corrected chi connectivity index (χ4v) is 2.39. The maximum Gasteiger partial charge on any atom is 0.224 e. The number of ether oxygens (including phenoxy) is 2. The molecule has 0 bridgehead atoms. The van der Waals surface area contributed by atoms with Gasteiger partial charge in [-0.1, -0.05) is 12.1 Å². The van der Waals surface area contributed by atoms with Gasteiger partial charge >= 0.3 is 0 Å². The number of rotatable bonds is 2. The van der Waals surface area contributed by atoms with Crippen LogP contribution < -0.4 is 15.2 Å². The first-order valence-corrected chi connectivity index (χ1v) is 6.53. The van der Waals surface area contributed by atoms with Gasteiger partial charge in [0.05, 0.1) is 0 Å². The van der Waals surface area contributed by atoms with Crippen LogP contribution >= 0.6 is 0 Å². The number of nitrogen functional groups attached to an aromatic ring is 1. The summed E-state index contributed by atoms with van der Waals surface area (Å²) in [5.41, 5.74) is 7.34. The van der Waals surface area contributed by atoms with Crippen LogP contribution in [0.3, 0.4) is 0 Å². The summed E-state index contributed by atoms with van der Waals surface area (Å²) in [5.74, 6) is 2.07. The molecule has 2 heterocycles. The third-order valence-electron chi connectivity index (χ3n) is 3.12. The summed E-state index contributed by atoms with van der Waals surface area (Å²) in [5, 5.41) is 0. The van der Waals surface area contributed by atoms with Crippen LogP contribution in [-0.2, 0) is 6.42 Å². The molecule has 5 nitrogen and oxygen atoms in total. The molecule has 104 valence electrons. The molecule has 0 fully saturated rings. The normalized spacial score (nSPS) is 15.6. The minimum absolute atomic E-state index is 0.203. The Hall–Kier alpha value is -2.30. The van der Waals surface area contributed by atoms with E-state index in [1.165, 1.54) is 0 Å². The molecule has 0 atom stereocenters. The molecule has 20 heavy (non-hydrogen) atoms. The van der Waals surface area contributed by atoms with E-state index in [4.69, 9.17) is 15.2 Å². The van der Waals surface area contributed by atoms with E-state index in [1.807, 2.05) is 19.1 Å². The van der Waals surface area contributed by atoms with E-state index >= 15 is 0 Å². The molecule has 3 rings (SSSR count). The number of nitrogens with two attached hydrogens (primary N) is 1. The maximum atomic E-state index is 5.96. The van der Waals surface area contributed by atoms with Gasteiger partial charge in [0.2, 0.25) is 11.8 Å². The second kappa shape index (κ2) is 4.37. The zero-order valence-electron chi connectivity index (χ0n) is 11.8. The number of aryl methyl sites for hydroxylation is 1. The minimum atomic E-state index is -0.206. The summed E-state index contributed by atoms with van der Waals surface area (Å²) in [4.78, 5) is 8.11. The van der Waals surface area contributed by atoms with Gasteiger partial charge in [0, 0.05) is 23.7 Å². The van der Waals surface area contributed by atoms with Crippen LogP contribution in [0.4, 0.5) is 5.95 Å². The summed E-state index contributed by atoms with van der Waals surface area (Å²) >= 11 is 0. The lowest BCUT2D eigenvalue weighted by molar-refractivity contribution is 0.135. The van der Waals surface area contributed by atoms with E-state index in [2.05, 4.69) is 29.9 Å². The molecule has 5 heteroatoms. The van der Waals surface area contributed by atoms with Crippen molar-refractivity contribution in [1.29, 1.82) is 0 Å². The molecule has 1 aliphatic heterocycles. The highest BCUT2D eigenvalue weighted by molar-refractivity contribution is 5.51. The molecule has 0 saturated heterocycles. The minimum Gasteiger partial charge on any atom is -0.483 e. The molecule has 0 aliphatic carbocycles. The Bertz CT molecular complexity index is 648. The van der Waals surface area contributed by atoms with Crippen molar-refractivity contribution in [3.63, 3.8) is 0 Å². The molecule has 1 aromatic heterocycles. The monoisotopic (exact) mass is 271 g/mol. The van der Waals surface area contributed by atoms with Crippen molar-refractivity contribution in [2.75, 3.05) is 5.73 Å². The zero-order valence-corrected chi connectivity index (χ0v) is 11.8. The molecule has 1 aromatic carbocycles. The summed E-state index contributed by atoms with van der Waals surface area (Å²) in [7, 11) is 0. The van der Waals surface area contributed by atoms with Gasteiger partial charge in [-0.05, 0) is 26.8 Å². The second-order valence-corrected chi connectivity index (χ2v) is 5.59. The van der Waals surface area contributed by atoms with Crippen LogP contribution in [0.5, 0.6) is 17.4 Å². The van der Waals surface area contributed by atoms with Crippen LogP contribution in [0.1, 0.15) is 25.1 Å². The lowest BCUT2D eigenvalue weighted by Gasteiger charge is -2.18. The summed E-state index contributed by atoms with van der Waals surface area (Å²) in [6.45, 7) is 5.97. The number of hydrogen-bond donors (Lipinski definition) is 1. The predicted molar refractivity (Wildman–Crippen MR) is 76.1 cm³/mol. The Labute approximate surface area is 117 Å². The largest absolute Gasteiger partial charge is 0.483 e. The highest BCUT2D eigenvalue weighted by Crippen LogP contribution is 2.43. The first-order valence-electron chi connectivity index (χ1n) is 6.53. The van der Waals surface area contributed by atoms with E-state index in [1.54, 1.807) is 6.07 Å². The van der Waals surface area contributed by atoms with Crippen molar-refractivity contribution in [1.82, 2.24) is 9.97 Å². The topological polar surface area (TPSA) is 70.3 Å². The van der Waals surface area contributed by atoms with E-state index in [-0.39, 0.29) is 11.5 Å². The fourth-order valence-electron chi connectivity index (χ4n) is 2.39. The van der Waals surface area contributed by atoms with Crippen LogP contribution in [0.15, 0.2) is 24.3 Å². The third-order valence-corrected chi connectivity index (χ3v) is 3.12. The Morgan fingerprint density at radius 3 is 2.85 bits per heavy atom. The molecule has 0 radical (unpaired) electrons. The second-order valence-electron chi connectivity index (χ2n) is 5.59. The van der Waals surface area contributed by atoms with Gasteiger partial charge in [0.25, 0.3) is 0 Å². The molecule has 0 saturated carbocycles. The maximum absolute atomic E-state index is 5.96. The van der Waals surface area contributed by atoms with Crippen LogP contribution in [-0.4, -0.2) is 15.6 Å². The first-order chi connectivity index (χ1) is 9.43. The molecule has 2 aromatic rings. The Kier molecular flexibility index (Phi) is 2.78. The molecular weight excluding hydrogens is 254 g/mol.